The third kappa shape index (κ3) is 3.16. The molecule has 1 aromatic rings. The molecule has 18 heavy (non-hydrogen) atoms. The molecule has 1 N–H and O–H groups in total. The number of benzene rings is 1. The number of rotatable bonds is 2. The molecule has 0 spiro atoms. The topological polar surface area (TPSA) is 15.3 Å². The van der Waals surface area contributed by atoms with E-state index in [1.807, 2.05) is 7.05 Å². The number of nitrogens with one attached hydrogen (secondary N) is 1. The van der Waals surface area contributed by atoms with E-state index in [0.29, 0.717) is 12.1 Å². The van der Waals surface area contributed by atoms with E-state index in [9.17, 15) is 13.2 Å². The first-order valence-electron chi connectivity index (χ1n) is 6.16. The van der Waals surface area contributed by atoms with Crippen molar-refractivity contribution in [2.45, 2.75) is 25.3 Å². The first-order valence-corrected chi connectivity index (χ1v) is 6.16. The highest BCUT2D eigenvalue weighted by atomic mass is 19.1. The van der Waals surface area contributed by atoms with Gasteiger partial charge in [0.15, 0.2) is 11.6 Å². The molecule has 1 aromatic carbocycles. The average molecular weight is 258 g/mol. The predicted molar refractivity (Wildman–Crippen MR) is 65.1 cm³/mol. The van der Waals surface area contributed by atoms with Gasteiger partial charge in [0.25, 0.3) is 0 Å². The van der Waals surface area contributed by atoms with Gasteiger partial charge in [0.1, 0.15) is 11.5 Å². The van der Waals surface area contributed by atoms with E-state index >= 15 is 0 Å². The standard InChI is InChI=1S/C13H17F3N2/c1-18-5-2-3-10(4-6-18)17-13-11(15)7-9(14)8-12(13)16/h7-8,10,17H,2-6H2,1H3. The summed E-state index contributed by atoms with van der Waals surface area (Å²) in [5.74, 6) is -2.63. The molecule has 0 saturated carbocycles. The molecule has 5 heteroatoms. The molecule has 0 radical (unpaired) electrons. The first kappa shape index (κ1) is 13.2. The molecule has 1 heterocycles. The Kier molecular flexibility index (Phi) is 4.11. The van der Waals surface area contributed by atoms with E-state index in [4.69, 9.17) is 0 Å². The van der Waals surface area contributed by atoms with Crippen LogP contribution in [0.1, 0.15) is 19.3 Å². The Morgan fingerprint density at radius 3 is 2.44 bits per heavy atom. The lowest BCUT2D eigenvalue weighted by molar-refractivity contribution is 0.348. The highest BCUT2D eigenvalue weighted by Crippen LogP contribution is 2.23. The Balaban J connectivity index is 2.09. The Morgan fingerprint density at radius 2 is 1.78 bits per heavy atom. The quantitative estimate of drug-likeness (QED) is 0.877. The minimum atomic E-state index is -0.892. The minimum Gasteiger partial charge on any atom is -0.378 e. The van der Waals surface area contributed by atoms with Crippen LogP contribution in [0, 0.1) is 17.5 Å². The van der Waals surface area contributed by atoms with E-state index in [-0.39, 0.29) is 11.7 Å². The van der Waals surface area contributed by atoms with Crippen molar-refractivity contribution in [1.29, 1.82) is 0 Å². The molecule has 2 nitrogen and oxygen atoms in total. The molecule has 2 rings (SSSR count). The number of likely N-dealkylation sites (tertiary alicyclic amines) is 1. The molecule has 1 saturated heterocycles. The Hall–Kier alpha value is -1.23. The fraction of sp³-hybridized carbons (Fsp3) is 0.538. The SMILES string of the molecule is CN1CCCC(Nc2c(F)cc(F)cc2F)CC1. The molecule has 0 bridgehead atoms. The van der Waals surface area contributed by atoms with Crippen molar-refractivity contribution >= 4 is 5.69 Å². The van der Waals surface area contributed by atoms with Crippen LogP contribution in [0.25, 0.3) is 0 Å². The van der Waals surface area contributed by atoms with Gasteiger partial charge in [-0.2, -0.15) is 0 Å². The van der Waals surface area contributed by atoms with Crippen LogP contribution in [0.2, 0.25) is 0 Å². The molecule has 1 unspecified atom stereocenters. The van der Waals surface area contributed by atoms with Gasteiger partial charge in [-0.05, 0) is 39.4 Å². The highest BCUT2D eigenvalue weighted by Gasteiger charge is 2.18. The normalized spacial score (nSPS) is 21.7. The average Bonchev–Trinajstić information content (AvgIpc) is 2.48. The van der Waals surface area contributed by atoms with Crippen LogP contribution in [0.4, 0.5) is 18.9 Å². The second-order valence-electron chi connectivity index (χ2n) is 4.82. The summed E-state index contributed by atoms with van der Waals surface area (Å²) in [6.07, 6.45) is 2.67. The van der Waals surface area contributed by atoms with Crippen LogP contribution >= 0.6 is 0 Å². The van der Waals surface area contributed by atoms with Gasteiger partial charge in [-0.1, -0.05) is 0 Å². The fourth-order valence-corrected chi connectivity index (χ4v) is 2.27. The van der Waals surface area contributed by atoms with Crippen LogP contribution < -0.4 is 5.32 Å². The largest absolute Gasteiger partial charge is 0.378 e. The predicted octanol–water partition coefficient (Wildman–Crippen LogP) is 3.00. The van der Waals surface area contributed by atoms with Crippen molar-refractivity contribution in [3.63, 3.8) is 0 Å². The lowest BCUT2D eigenvalue weighted by Crippen LogP contribution is -2.23. The van der Waals surface area contributed by atoms with Crippen molar-refractivity contribution in [2.24, 2.45) is 0 Å². The molecule has 1 aliphatic heterocycles. The van der Waals surface area contributed by atoms with Crippen LogP contribution in [0.15, 0.2) is 12.1 Å². The Bertz CT molecular complexity index is 400. The molecule has 1 atom stereocenters. The highest BCUT2D eigenvalue weighted by molar-refractivity contribution is 5.47. The maximum absolute atomic E-state index is 13.5. The second-order valence-corrected chi connectivity index (χ2v) is 4.82. The minimum absolute atomic E-state index is 0.0319. The van der Waals surface area contributed by atoms with Gasteiger partial charge in [-0.3, -0.25) is 0 Å². The summed E-state index contributed by atoms with van der Waals surface area (Å²) < 4.78 is 39.8. The van der Waals surface area contributed by atoms with E-state index in [1.54, 1.807) is 0 Å². The molecule has 0 aliphatic carbocycles. The lowest BCUT2D eigenvalue weighted by Gasteiger charge is -2.19. The van der Waals surface area contributed by atoms with Crippen LogP contribution in [0.5, 0.6) is 0 Å². The summed E-state index contributed by atoms with van der Waals surface area (Å²) >= 11 is 0. The third-order valence-corrected chi connectivity index (χ3v) is 3.31. The number of halogens is 3. The van der Waals surface area contributed by atoms with E-state index in [1.165, 1.54) is 0 Å². The monoisotopic (exact) mass is 258 g/mol. The number of hydrogen-bond donors (Lipinski definition) is 1. The van der Waals surface area contributed by atoms with E-state index < -0.39 is 17.5 Å². The summed E-state index contributed by atoms with van der Waals surface area (Å²) in [4.78, 5) is 2.19. The van der Waals surface area contributed by atoms with Crippen molar-refractivity contribution < 1.29 is 13.2 Å². The smallest absolute Gasteiger partial charge is 0.152 e. The van der Waals surface area contributed by atoms with Gasteiger partial charge < -0.3 is 10.2 Å². The lowest BCUT2D eigenvalue weighted by atomic mass is 10.1. The Morgan fingerprint density at radius 1 is 1.11 bits per heavy atom. The van der Waals surface area contributed by atoms with Gasteiger partial charge in [-0.15, -0.1) is 0 Å². The number of nitrogens with zero attached hydrogens (tertiary/aromatic N) is 1. The first-order chi connectivity index (χ1) is 8.56. The zero-order valence-electron chi connectivity index (χ0n) is 10.3. The van der Waals surface area contributed by atoms with Crippen molar-refractivity contribution in [3.8, 4) is 0 Å². The molecule has 100 valence electrons. The summed E-state index contributed by atoms with van der Waals surface area (Å²) in [6, 6.07) is 1.44. The summed E-state index contributed by atoms with van der Waals surface area (Å²) in [5.41, 5.74) is -0.217. The van der Waals surface area contributed by atoms with Crippen LogP contribution in [0.3, 0.4) is 0 Å². The van der Waals surface area contributed by atoms with Gasteiger partial charge in [0.05, 0.1) is 0 Å². The van der Waals surface area contributed by atoms with Gasteiger partial charge in [-0.25, -0.2) is 13.2 Å². The van der Waals surface area contributed by atoms with Crippen molar-refractivity contribution in [1.82, 2.24) is 4.90 Å². The van der Waals surface area contributed by atoms with Gasteiger partial charge in [0, 0.05) is 18.2 Å². The third-order valence-electron chi connectivity index (χ3n) is 3.31. The summed E-state index contributed by atoms with van der Waals surface area (Å²) in [6.45, 7) is 1.88. The van der Waals surface area contributed by atoms with E-state index in [0.717, 1.165) is 32.4 Å². The zero-order valence-corrected chi connectivity index (χ0v) is 10.3. The molecule has 1 aliphatic rings. The second kappa shape index (κ2) is 5.61. The molecule has 0 aromatic heterocycles. The maximum Gasteiger partial charge on any atom is 0.152 e. The molecule has 1 fully saturated rings. The molecular formula is C13H17F3N2. The molecule has 0 amide bonds. The Labute approximate surface area is 105 Å². The fourth-order valence-electron chi connectivity index (χ4n) is 2.27. The van der Waals surface area contributed by atoms with Gasteiger partial charge >= 0.3 is 0 Å². The number of hydrogen-bond acceptors (Lipinski definition) is 2. The summed E-state index contributed by atoms with van der Waals surface area (Å²) in [7, 11) is 2.03. The summed E-state index contributed by atoms with van der Waals surface area (Å²) in [5, 5.41) is 2.86. The van der Waals surface area contributed by atoms with Crippen LogP contribution in [-0.2, 0) is 0 Å². The van der Waals surface area contributed by atoms with Crippen molar-refractivity contribution in [3.05, 3.63) is 29.6 Å². The maximum atomic E-state index is 13.5. The molecular weight excluding hydrogens is 241 g/mol. The van der Waals surface area contributed by atoms with Crippen molar-refractivity contribution in [2.75, 3.05) is 25.5 Å². The van der Waals surface area contributed by atoms with E-state index in [2.05, 4.69) is 10.2 Å². The van der Waals surface area contributed by atoms with Crippen LogP contribution in [-0.4, -0.2) is 31.1 Å². The van der Waals surface area contributed by atoms with Gasteiger partial charge in [0.2, 0.25) is 0 Å². The number of anilines is 1. The zero-order chi connectivity index (χ0) is 13.1.